The predicted octanol–water partition coefficient (Wildman–Crippen LogP) is 3.41. The summed E-state index contributed by atoms with van der Waals surface area (Å²) >= 11 is -0.233. The van der Waals surface area contributed by atoms with Crippen LogP contribution in [0.1, 0.15) is 10.4 Å². The minimum absolute atomic E-state index is 0.0124. The Morgan fingerprint density at radius 2 is 1.81 bits per heavy atom. The maximum atomic E-state index is 12.3. The van der Waals surface area contributed by atoms with Crippen molar-refractivity contribution in [3.05, 3.63) is 54.1 Å². The van der Waals surface area contributed by atoms with E-state index in [0.29, 0.717) is 5.69 Å². The number of thioether (sulfide) groups is 1. The first kappa shape index (κ1) is 15.2. The molecule has 0 unspecified atom stereocenters. The summed E-state index contributed by atoms with van der Waals surface area (Å²) in [6.45, 7) is 0. The van der Waals surface area contributed by atoms with Crippen LogP contribution in [-0.4, -0.2) is 11.5 Å². The van der Waals surface area contributed by atoms with Crippen LogP contribution in [0.4, 0.5) is 24.5 Å². The second kappa shape index (κ2) is 6.09. The van der Waals surface area contributed by atoms with E-state index >= 15 is 0 Å². The van der Waals surface area contributed by atoms with E-state index in [2.05, 4.69) is 5.32 Å². The molecule has 2 aromatic carbocycles. The molecule has 0 fully saturated rings. The third kappa shape index (κ3) is 4.42. The summed E-state index contributed by atoms with van der Waals surface area (Å²) < 4.78 is 37.0. The minimum Gasteiger partial charge on any atom is -0.545 e. The Hall–Kier alpha value is -2.15. The van der Waals surface area contributed by atoms with Crippen molar-refractivity contribution in [3.63, 3.8) is 0 Å². The standard InChI is InChI=1S/C14H10F3NO2S/c15-14(16,17)21-10-5-3-4-9(8-10)18-12-7-2-1-6-11(12)13(19)20/h1-8,18H,(H,19,20)/p-1. The van der Waals surface area contributed by atoms with Crippen LogP contribution >= 0.6 is 11.8 Å². The fourth-order valence-corrected chi connectivity index (χ4v) is 2.30. The molecular weight excluding hydrogens is 303 g/mol. The highest BCUT2D eigenvalue weighted by Gasteiger charge is 2.29. The lowest BCUT2D eigenvalue weighted by Crippen LogP contribution is -2.23. The molecule has 0 bridgehead atoms. The third-order valence-electron chi connectivity index (χ3n) is 2.49. The summed E-state index contributed by atoms with van der Waals surface area (Å²) in [5.41, 5.74) is -3.82. The molecule has 0 aliphatic rings. The van der Waals surface area contributed by atoms with Crippen LogP contribution in [0.3, 0.4) is 0 Å². The molecule has 0 saturated heterocycles. The van der Waals surface area contributed by atoms with Gasteiger partial charge in [-0.25, -0.2) is 0 Å². The lowest BCUT2D eigenvalue weighted by molar-refractivity contribution is -0.254. The van der Waals surface area contributed by atoms with Crippen molar-refractivity contribution in [1.82, 2.24) is 0 Å². The van der Waals surface area contributed by atoms with Gasteiger partial charge in [-0.05, 0) is 36.0 Å². The van der Waals surface area contributed by atoms with Crippen molar-refractivity contribution >= 4 is 29.1 Å². The normalized spacial score (nSPS) is 11.2. The number of hydrogen-bond donors (Lipinski definition) is 1. The molecule has 0 saturated carbocycles. The fourth-order valence-electron chi connectivity index (χ4n) is 1.70. The zero-order valence-corrected chi connectivity index (χ0v) is 11.3. The van der Waals surface area contributed by atoms with Gasteiger partial charge >= 0.3 is 5.51 Å². The van der Waals surface area contributed by atoms with Gasteiger partial charge in [-0.3, -0.25) is 0 Å². The summed E-state index contributed by atoms with van der Waals surface area (Å²) in [4.78, 5) is 11.0. The van der Waals surface area contributed by atoms with E-state index < -0.39 is 11.5 Å². The Balaban J connectivity index is 2.25. The number of benzene rings is 2. The van der Waals surface area contributed by atoms with Gasteiger partial charge in [0.15, 0.2) is 0 Å². The molecule has 0 aromatic heterocycles. The lowest BCUT2D eigenvalue weighted by Gasteiger charge is -2.13. The monoisotopic (exact) mass is 312 g/mol. The topological polar surface area (TPSA) is 52.2 Å². The van der Waals surface area contributed by atoms with Crippen LogP contribution in [0.25, 0.3) is 0 Å². The van der Waals surface area contributed by atoms with Gasteiger partial charge in [-0.1, -0.05) is 24.3 Å². The lowest BCUT2D eigenvalue weighted by atomic mass is 10.1. The molecule has 7 heteroatoms. The minimum atomic E-state index is -4.37. The van der Waals surface area contributed by atoms with Gasteiger partial charge in [0.1, 0.15) is 0 Å². The third-order valence-corrected chi connectivity index (χ3v) is 3.21. The van der Waals surface area contributed by atoms with E-state index in [-0.39, 0.29) is 27.9 Å². The molecule has 0 aliphatic heterocycles. The molecule has 0 atom stereocenters. The maximum Gasteiger partial charge on any atom is 0.446 e. The van der Waals surface area contributed by atoms with Gasteiger partial charge in [-0.2, -0.15) is 13.2 Å². The van der Waals surface area contributed by atoms with Crippen LogP contribution in [-0.2, 0) is 0 Å². The predicted molar refractivity (Wildman–Crippen MR) is 72.4 cm³/mol. The van der Waals surface area contributed by atoms with Crippen LogP contribution in [0, 0.1) is 0 Å². The van der Waals surface area contributed by atoms with Gasteiger partial charge < -0.3 is 15.2 Å². The first-order chi connectivity index (χ1) is 9.85. The van der Waals surface area contributed by atoms with Gasteiger partial charge in [0.2, 0.25) is 0 Å². The van der Waals surface area contributed by atoms with Gasteiger partial charge in [0.25, 0.3) is 0 Å². The molecule has 2 rings (SSSR count). The maximum absolute atomic E-state index is 12.3. The molecule has 1 N–H and O–H groups in total. The van der Waals surface area contributed by atoms with Crippen LogP contribution in [0.2, 0.25) is 0 Å². The summed E-state index contributed by atoms with van der Waals surface area (Å²) in [5.74, 6) is -1.36. The summed E-state index contributed by atoms with van der Waals surface area (Å²) in [6, 6.07) is 11.6. The summed E-state index contributed by atoms with van der Waals surface area (Å²) in [5, 5.41) is 13.7. The Labute approximate surface area is 122 Å². The van der Waals surface area contributed by atoms with E-state index in [1.54, 1.807) is 12.1 Å². The number of rotatable bonds is 4. The molecule has 0 heterocycles. The second-order valence-electron chi connectivity index (χ2n) is 4.03. The number of carboxylic acids is 1. The highest BCUT2D eigenvalue weighted by Crippen LogP contribution is 2.37. The SMILES string of the molecule is O=C([O-])c1ccccc1Nc1cccc(SC(F)(F)F)c1. The van der Waals surface area contributed by atoms with E-state index in [1.807, 2.05) is 0 Å². The Morgan fingerprint density at radius 1 is 1.10 bits per heavy atom. The smallest absolute Gasteiger partial charge is 0.446 e. The molecule has 21 heavy (non-hydrogen) atoms. The van der Waals surface area contributed by atoms with Crippen molar-refractivity contribution in [1.29, 1.82) is 0 Å². The van der Waals surface area contributed by atoms with Crippen LogP contribution < -0.4 is 10.4 Å². The van der Waals surface area contributed by atoms with E-state index in [4.69, 9.17) is 0 Å². The molecule has 110 valence electrons. The fraction of sp³-hybridized carbons (Fsp3) is 0.0714. The number of aromatic carboxylic acids is 1. The summed E-state index contributed by atoms with van der Waals surface area (Å²) in [6.07, 6.45) is 0. The zero-order chi connectivity index (χ0) is 15.5. The van der Waals surface area contributed by atoms with Crippen LogP contribution in [0.5, 0.6) is 0 Å². The van der Waals surface area contributed by atoms with E-state index in [0.717, 1.165) is 0 Å². The quantitative estimate of drug-likeness (QED) is 0.879. The summed E-state index contributed by atoms with van der Waals surface area (Å²) in [7, 11) is 0. The number of anilines is 2. The molecule has 0 spiro atoms. The largest absolute Gasteiger partial charge is 0.545 e. The molecule has 3 nitrogen and oxygen atoms in total. The first-order valence-electron chi connectivity index (χ1n) is 5.78. The molecule has 2 aromatic rings. The number of alkyl halides is 3. The zero-order valence-electron chi connectivity index (χ0n) is 10.5. The molecule has 0 radical (unpaired) electrons. The average Bonchev–Trinajstić information content (AvgIpc) is 2.37. The average molecular weight is 312 g/mol. The number of carbonyl (C=O) groups is 1. The number of carbonyl (C=O) groups excluding carboxylic acids is 1. The number of halogens is 3. The molecule has 0 aliphatic carbocycles. The number of hydrogen-bond acceptors (Lipinski definition) is 4. The second-order valence-corrected chi connectivity index (χ2v) is 5.17. The van der Waals surface area contributed by atoms with Crippen molar-refractivity contribution in [2.75, 3.05) is 5.32 Å². The Kier molecular flexibility index (Phi) is 4.42. The van der Waals surface area contributed by atoms with Gasteiger partial charge in [-0.15, -0.1) is 0 Å². The highest BCUT2D eigenvalue weighted by atomic mass is 32.2. The van der Waals surface area contributed by atoms with E-state index in [1.165, 1.54) is 36.4 Å². The molecular formula is C14H9F3NO2S-. The van der Waals surface area contributed by atoms with Crippen LogP contribution in [0.15, 0.2) is 53.4 Å². The van der Waals surface area contributed by atoms with Crippen molar-refractivity contribution in [2.45, 2.75) is 10.4 Å². The highest BCUT2D eigenvalue weighted by molar-refractivity contribution is 8.00. The number of carboxylic acid groups (broad SMARTS) is 1. The Bertz CT molecular complexity index is 659. The number of nitrogens with one attached hydrogen (secondary N) is 1. The Morgan fingerprint density at radius 3 is 2.48 bits per heavy atom. The van der Waals surface area contributed by atoms with Crippen molar-refractivity contribution < 1.29 is 23.1 Å². The number of para-hydroxylation sites is 1. The van der Waals surface area contributed by atoms with Crippen molar-refractivity contribution in [3.8, 4) is 0 Å². The van der Waals surface area contributed by atoms with Crippen molar-refractivity contribution in [2.24, 2.45) is 0 Å². The van der Waals surface area contributed by atoms with Gasteiger partial charge in [0, 0.05) is 21.8 Å². The first-order valence-corrected chi connectivity index (χ1v) is 6.60. The van der Waals surface area contributed by atoms with E-state index in [9.17, 15) is 23.1 Å². The molecule has 0 amide bonds. The van der Waals surface area contributed by atoms with Gasteiger partial charge in [0.05, 0.1) is 5.97 Å².